The third kappa shape index (κ3) is 4.41. The van der Waals surface area contributed by atoms with Crippen LogP contribution < -0.4 is 10.6 Å². The number of carbonyl (C=O) groups is 1. The quantitative estimate of drug-likeness (QED) is 0.879. The van der Waals surface area contributed by atoms with Gasteiger partial charge in [-0.05, 0) is 36.8 Å². The zero-order valence-electron chi connectivity index (χ0n) is 10.6. The summed E-state index contributed by atoms with van der Waals surface area (Å²) in [5.74, 6) is 0. The molecule has 0 aliphatic carbocycles. The molecule has 2 rings (SSSR count). The van der Waals surface area contributed by atoms with E-state index in [1.54, 1.807) is 0 Å². The molecule has 0 saturated carbocycles. The molecule has 0 spiro atoms. The smallest absolute Gasteiger partial charge is 0.319 e. The van der Waals surface area contributed by atoms with Gasteiger partial charge in [0, 0.05) is 16.7 Å². The highest BCUT2D eigenvalue weighted by Crippen LogP contribution is 2.13. The van der Waals surface area contributed by atoms with E-state index in [1.165, 1.54) is 5.56 Å². The van der Waals surface area contributed by atoms with Crippen LogP contribution in [-0.2, 0) is 6.54 Å². The van der Waals surface area contributed by atoms with Crippen LogP contribution >= 0.6 is 15.9 Å². The topological polar surface area (TPSA) is 41.1 Å². The lowest BCUT2D eigenvalue weighted by molar-refractivity contribution is 0.251. The molecular weight excluding hydrogens is 304 g/mol. The van der Waals surface area contributed by atoms with Crippen LogP contribution in [0.1, 0.15) is 11.1 Å². The predicted octanol–water partition coefficient (Wildman–Crippen LogP) is 4.08. The van der Waals surface area contributed by atoms with Crippen molar-refractivity contribution in [3.05, 3.63) is 64.1 Å². The van der Waals surface area contributed by atoms with Crippen LogP contribution in [0, 0.1) is 6.92 Å². The molecule has 98 valence electrons. The molecule has 2 N–H and O–H groups in total. The zero-order valence-corrected chi connectivity index (χ0v) is 12.2. The van der Waals surface area contributed by atoms with Gasteiger partial charge in [-0.3, -0.25) is 0 Å². The number of hydrogen-bond donors (Lipinski definition) is 2. The first-order valence-corrected chi connectivity index (χ1v) is 6.79. The van der Waals surface area contributed by atoms with Crippen LogP contribution in [0.4, 0.5) is 10.5 Å². The number of halogens is 1. The van der Waals surface area contributed by atoms with E-state index in [1.807, 2.05) is 49.4 Å². The summed E-state index contributed by atoms with van der Waals surface area (Å²) in [5, 5.41) is 5.61. The molecular formula is C15H15BrN2O. The van der Waals surface area contributed by atoms with Crippen molar-refractivity contribution in [2.75, 3.05) is 5.32 Å². The lowest BCUT2D eigenvalue weighted by atomic mass is 10.1. The van der Waals surface area contributed by atoms with Crippen molar-refractivity contribution < 1.29 is 4.79 Å². The molecule has 0 unspecified atom stereocenters. The second-order valence-electron chi connectivity index (χ2n) is 4.30. The minimum atomic E-state index is -0.205. The number of urea groups is 1. The Bertz CT molecular complexity index is 567. The molecule has 0 radical (unpaired) electrons. The first-order valence-electron chi connectivity index (χ1n) is 5.99. The lowest BCUT2D eigenvalue weighted by Crippen LogP contribution is -2.28. The number of aryl methyl sites for hydroxylation is 1. The molecule has 0 fully saturated rings. The van der Waals surface area contributed by atoms with Crippen LogP contribution in [0.3, 0.4) is 0 Å². The summed E-state index contributed by atoms with van der Waals surface area (Å²) in [4.78, 5) is 11.7. The highest BCUT2D eigenvalue weighted by atomic mass is 79.9. The van der Waals surface area contributed by atoms with Gasteiger partial charge < -0.3 is 10.6 Å². The highest BCUT2D eigenvalue weighted by Gasteiger charge is 2.01. The van der Waals surface area contributed by atoms with Crippen molar-refractivity contribution in [1.29, 1.82) is 0 Å². The molecule has 0 atom stereocenters. The van der Waals surface area contributed by atoms with E-state index in [0.29, 0.717) is 6.54 Å². The Kier molecular flexibility index (Phi) is 4.58. The summed E-state index contributed by atoms with van der Waals surface area (Å²) in [6, 6.07) is 15.3. The number of benzene rings is 2. The van der Waals surface area contributed by atoms with E-state index in [9.17, 15) is 4.79 Å². The molecule has 0 bridgehead atoms. The van der Waals surface area contributed by atoms with Gasteiger partial charge in [0.05, 0.1) is 0 Å². The van der Waals surface area contributed by atoms with Crippen LogP contribution in [-0.4, -0.2) is 6.03 Å². The Morgan fingerprint density at radius 1 is 1.16 bits per heavy atom. The van der Waals surface area contributed by atoms with Crippen molar-refractivity contribution in [3.63, 3.8) is 0 Å². The van der Waals surface area contributed by atoms with Gasteiger partial charge in [0.15, 0.2) is 0 Å². The minimum Gasteiger partial charge on any atom is -0.334 e. The number of carbonyl (C=O) groups excluding carboxylic acids is 1. The lowest BCUT2D eigenvalue weighted by Gasteiger charge is -2.08. The van der Waals surface area contributed by atoms with Gasteiger partial charge in [0.1, 0.15) is 0 Å². The third-order valence-electron chi connectivity index (χ3n) is 2.64. The SMILES string of the molecule is Cc1cccc(CNC(=O)Nc2ccc(Br)cc2)c1. The fourth-order valence-corrected chi connectivity index (χ4v) is 1.98. The zero-order chi connectivity index (χ0) is 13.7. The number of nitrogens with one attached hydrogen (secondary N) is 2. The van der Waals surface area contributed by atoms with Gasteiger partial charge in [-0.2, -0.15) is 0 Å². The largest absolute Gasteiger partial charge is 0.334 e. The molecule has 4 heteroatoms. The third-order valence-corrected chi connectivity index (χ3v) is 3.17. The molecule has 2 aromatic carbocycles. The molecule has 0 aromatic heterocycles. The van der Waals surface area contributed by atoms with Gasteiger partial charge in [0.2, 0.25) is 0 Å². The average molecular weight is 319 g/mol. The number of anilines is 1. The van der Waals surface area contributed by atoms with Gasteiger partial charge >= 0.3 is 6.03 Å². The second kappa shape index (κ2) is 6.38. The molecule has 0 aliphatic rings. The van der Waals surface area contributed by atoms with E-state index < -0.39 is 0 Å². The van der Waals surface area contributed by atoms with Crippen molar-refractivity contribution in [2.24, 2.45) is 0 Å². The first kappa shape index (κ1) is 13.6. The van der Waals surface area contributed by atoms with Gasteiger partial charge in [-0.25, -0.2) is 4.79 Å². The van der Waals surface area contributed by atoms with Gasteiger partial charge in [-0.1, -0.05) is 45.8 Å². The number of rotatable bonds is 3. The second-order valence-corrected chi connectivity index (χ2v) is 5.22. The van der Waals surface area contributed by atoms with Crippen molar-refractivity contribution >= 4 is 27.6 Å². The van der Waals surface area contributed by atoms with Gasteiger partial charge in [-0.15, -0.1) is 0 Å². The summed E-state index contributed by atoms with van der Waals surface area (Å²) in [6.45, 7) is 2.55. The Hall–Kier alpha value is -1.81. The molecule has 19 heavy (non-hydrogen) atoms. The summed E-state index contributed by atoms with van der Waals surface area (Å²) < 4.78 is 0.984. The Labute approximate surface area is 121 Å². The van der Waals surface area contributed by atoms with E-state index >= 15 is 0 Å². The van der Waals surface area contributed by atoms with Crippen molar-refractivity contribution in [2.45, 2.75) is 13.5 Å². The Morgan fingerprint density at radius 3 is 2.58 bits per heavy atom. The summed E-state index contributed by atoms with van der Waals surface area (Å²) in [5.41, 5.74) is 3.04. The fraction of sp³-hybridized carbons (Fsp3) is 0.133. The highest BCUT2D eigenvalue weighted by molar-refractivity contribution is 9.10. The molecule has 0 aliphatic heterocycles. The maximum absolute atomic E-state index is 11.7. The maximum atomic E-state index is 11.7. The van der Waals surface area contributed by atoms with E-state index in [2.05, 4.69) is 32.6 Å². The van der Waals surface area contributed by atoms with E-state index in [-0.39, 0.29) is 6.03 Å². The van der Waals surface area contributed by atoms with Crippen LogP contribution in [0.25, 0.3) is 0 Å². The Morgan fingerprint density at radius 2 is 1.89 bits per heavy atom. The molecule has 2 amide bonds. The number of hydrogen-bond acceptors (Lipinski definition) is 1. The fourth-order valence-electron chi connectivity index (χ4n) is 1.71. The van der Waals surface area contributed by atoms with Gasteiger partial charge in [0.25, 0.3) is 0 Å². The normalized spacial score (nSPS) is 10.0. The standard InChI is InChI=1S/C15H15BrN2O/c1-11-3-2-4-12(9-11)10-17-15(19)18-14-7-5-13(16)6-8-14/h2-9H,10H2,1H3,(H2,17,18,19). The van der Waals surface area contributed by atoms with Crippen molar-refractivity contribution in [1.82, 2.24) is 5.32 Å². The molecule has 0 heterocycles. The Balaban J connectivity index is 1.86. The molecule has 3 nitrogen and oxygen atoms in total. The van der Waals surface area contributed by atoms with Crippen LogP contribution in [0.15, 0.2) is 53.0 Å². The first-order chi connectivity index (χ1) is 9.13. The molecule has 0 saturated heterocycles. The summed E-state index contributed by atoms with van der Waals surface area (Å²) in [7, 11) is 0. The van der Waals surface area contributed by atoms with E-state index in [4.69, 9.17) is 0 Å². The minimum absolute atomic E-state index is 0.205. The number of amides is 2. The van der Waals surface area contributed by atoms with Crippen LogP contribution in [0.2, 0.25) is 0 Å². The summed E-state index contributed by atoms with van der Waals surface area (Å²) in [6.07, 6.45) is 0. The predicted molar refractivity (Wildman–Crippen MR) is 81.2 cm³/mol. The monoisotopic (exact) mass is 318 g/mol. The summed E-state index contributed by atoms with van der Waals surface area (Å²) >= 11 is 3.35. The average Bonchev–Trinajstić information content (AvgIpc) is 2.39. The van der Waals surface area contributed by atoms with Crippen molar-refractivity contribution in [3.8, 4) is 0 Å². The molecule has 2 aromatic rings. The maximum Gasteiger partial charge on any atom is 0.319 e. The van der Waals surface area contributed by atoms with Crippen LogP contribution in [0.5, 0.6) is 0 Å². The van der Waals surface area contributed by atoms with E-state index in [0.717, 1.165) is 15.7 Å².